The van der Waals surface area contributed by atoms with Gasteiger partial charge in [0, 0.05) is 6.42 Å². The molecule has 0 saturated carbocycles. The van der Waals surface area contributed by atoms with E-state index < -0.39 is 0 Å². The zero-order valence-electron chi connectivity index (χ0n) is 8.39. The topological polar surface area (TPSA) is 26.3 Å². The maximum absolute atomic E-state index is 11.3. The Morgan fingerprint density at radius 1 is 1.67 bits per heavy atom. The quantitative estimate of drug-likeness (QED) is 0.595. The maximum atomic E-state index is 11.3. The Labute approximate surface area is 74.3 Å². The average Bonchev–Trinajstić information content (AvgIpc) is 2.25. The molecule has 1 heterocycles. The Balaban J connectivity index is 2.60. The Morgan fingerprint density at radius 2 is 2.25 bits per heavy atom. The standard InChI is InChI=1S/C10H18O2/c1-5-7(2)8-6-10(3,4)9(11)12-8/h7-8H,5-6H2,1-4H3. The Bertz CT molecular complexity index is 184. The molecule has 1 rings (SSSR count). The van der Waals surface area contributed by atoms with Gasteiger partial charge in [0.25, 0.3) is 0 Å². The van der Waals surface area contributed by atoms with Crippen molar-refractivity contribution in [1.82, 2.24) is 0 Å². The SMILES string of the molecule is CCC(C)C1CC(C)(C)C(=O)O1. The highest BCUT2D eigenvalue weighted by Gasteiger charge is 2.42. The number of carbonyl (C=O) groups is 1. The van der Waals surface area contributed by atoms with Crippen LogP contribution in [-0.2, 0) is 9.53 Å². The van der Waals surface area contributed by atoms with E-state index in [0.717, 1.165) is 12.8 Å². The lowest BCUT2D eigenvalue weighted by Crippen LogP contribution is -2.17. The number of cyclic esters (lactones) is 1. The summed E-state index contributed by atoms with van der Waals surface area (Å²) < 4.78 is 5.29. The van der Waals surface area contributed by atoms with Gasteiger partial charge in [-0.15, -0.1) is 0 Å². The molecule has 0 N–H and O–H groups in total. The van der Waals surface area contributed by atoms with Crippen LogP contribution in [0, 0.1) is 11.3 Å². The molecular weight excluding hydrogens is 152 g/mol. The fourth-order valence-corrected chi connectivity index (χ4v) is 1.51. The minimum Gasteiger partial charge on any atom is -0.462 e. The summed E-state index contributed by atoms with van der Waals surface area (Å²) in [5.74, 6) is 0.462. The molecule has 2 unspecified atom stereocenters. The van der Waals surface area contributed by atoms with E-state index >= 15 is 0 Å². The van der Waals surface area contributed by atoms with Crippen molar-refractivity contribution >= 4 is 5.97 Å². The van der Waals surface area contributed by atoms with Crippen LogP contribution in [0.5, 0.6) is 0 Å². The number of rotatable bonds is 2. The molecule has 0 aromatic rings. The molecule has 0 amide bonds. The number of ether oxygens (including phenoxy) is 1. The first-order chi connectivity index (χ1) is 5.47. The van der Waals surface area contributed by atoms with Crippen LogP contribution in [0.15, 0.2) is 0 Å². The van der Waals surface area contributed by atoms with Gasteiger partial charge >= 0.3 is 5.97 Å². The average molecular weight is 170 g/mol. The fourth-order valence-electron chi connectivity index (χ4n) is 1.51. The van der Waals surface area contributed by atoms with Crippen LogP contribution < -0.4 is 0 Å². The summed E-state index contributed by atoms with van der Waals surface area (Å²) in [7, 11) is 0. The molecule has 0 aliphatic carbocycles. The highest BCUT2D eigenvalue weighted by Crippen LogP contribution is 2.36. The summed E-state index contributed by atoms with van der Waals surface area (Å²) in [6, 6.07) is 0. The third-order valence-corrected chi connectivity index (χ3v) is 2.80. The highest BCUT2D eigenvalue weighted by molar-refractivity contribution is 5.78. The molecule has 1 fully saturated rings. The van der Waals surface area contributed by atoms with Crippen molar-refractivity contribution < 1.29 is 9.53 Å². The van der Waals surface area contributed by atoms with Crippen molar-refractivity contribution in [1.29, 1.82) is 0 Å². The van der Waals surface area contributed by atoms with Gasteiger partial charge in [0.05, 0.1) is 5.41 Å². The lowest BCUT2D eigenvalue weighted by Gasteiger charge is -2.16. The molecule has 0 radical (unpaired) electrons. The zero-order chi connectivity index (χ0) is 9.35. The predicted octanol–water partition coefficient (Wildman–Crippen LogP) is 2.37. The lowest BCUT2D eigenvalue weighted by molar-refractivity contribution is -0.148. The van der Waals surface area contributed by atoms with Gasteiger partial charge in [-0.1, -0.05) is 20.3 Å². The Hall–Kier alpha value is -0.530. The second-order valence-electron chi connectivity index (χ2n) is 4.42. The molecule has 0 spiro atoms. The van der Waals surface area contributed by atoms with Gasteiger partial charge < -0.3 is 4.74 Å². The summed E-state index contributed by atoms with van der Waals surface area (Å²) in [6.45, 7) is 8.18. The Kier molecular flexibility index (Phi) is 2.45. The third-order valence-electron chi connectivity index (χ3n) is 2.80. The van der Waals surface area contributed by atoms with Crippen molar-refractivity contribution in [2.24, 2.45) is 11.3 Å². The van der Waals surface area contributed by atoms with Crippen LogP contribution in [0.4, 0.5) is 0 Å². The van der Waals surface area contributed by atoms with E-state index in [0.29, 0.717) is 5.92 Å². The molecule has 1 saturated heterocycles. The van der Waals surface area contributed by atoms with Gasteiger partial charge in [0.2, 0.25) is 0 Å². The smallest absolute Gasteiger partial charge is 0.311 e. The normalized spacial score (nSPS) is 30.0. The summed E-state index contributed by atoms with van der Waals surface area (Å²) >= 11 is 0. The molecule has 1 aliphatic heterocycles. The van der Waals surface area contributed by atoms with E-state index in [4.69, 9.17) is 4.74 Å². The highest BCUT2D eigenvalue weighted by atomic mass is 16.6. The van der Waals surface area contributed by atoms with Gasteiger partial charge in [-0.2, -0.15) is 0 Å². The summed E-state index contributed by atoms with van der Waals surface area (Å²) in [5, 5.41) is 0. The number of hydrogen-bond acceptors (Lipinski definition) is 2. The Morgan fingerprint density at radius 3 is 2.58 bits per heavy atom. The molecule has 1 aliphatic rings. The first kappa shape index (κ1) is 9.56. The third kappa shape index (κ3) is 1.62. The molecule has 0 aromatic heterocycles. The number of esters is 1. The van der Waals surface area contributed by atoms with E-state index in [-0.39, 0.29) is 17.5 Å². The largest absolute Gasteiger partial charge is 0.462 e. The van der Waals surface area contributed by atoms with Crippen LogP contribution in [0.2, 0.25) is 0 Å². The zero-order valence-corrected chi connectivity index (χ0v) is 8.39. The predicted molar refractivity (Wildman–Crippen MR) is 47.7 cm³/mol. The van der Waals surface area contributed by atoms with Gasteiger partial charge in [0.1, 0.15) is 6.10 Å². The first-order valence-corrected chi connectivity index (χ1v) is 4.68. The van der Waals surface area contributed by atoms with Gasteiger partial charge in [-0.05, 0) is 19.8 Å². The van der Waals surface area contributed by atoms with E-state index in [1.54, 1.807) is 0 Å². The van der Waals surface area contributed by atoms with E-state index in [2.05, 4.69) is 13.8 Å². The summed E-state index contributed by atoms with van der Waals surface area (Å²) in [4.78, 5) is 11.3. The molecule has 2 heteroatoms. The van der Waals surface area contributed by atoms with Gasteiger partial charge in [-0.3, -0.25) is 4.79 Å². The minimum absolute atomic E-state index is 0.0344. The molecule has 0 bridgehead atoms. The van der Waals surface area contributed by atoms with Gasteiger partial charge in [0.15, 0.2) is 0 Å². The summed E-state index contributed by atoms with van der Waals surface area (Å²) in [5.41, 5.74) is -0.256. The van der Waals surface area contributed by atoms with Crippen molar-refractivity contribution in [3.05, 3.63) is 0 Å². The molecule has 70 valence electrons. The first-order valence-electron chi connectivity index (χ1n) is 4.68. The van der Waals surface area contributed by atoms with Gasteiger partial charge in [-0.25, -0.2) is 0 Å². The monoisotopic (exact) mass is 170 g/mol. The second kappa shape index (κ2) is 3.08. The molecule has 0 aromatic carbocycles. The van der Waals surface area contributed by atoms with Crippen molar-refractivity contribution in [2.45, 2.75) is 46.6 Å². The van der Waals surface area contributed by atoms with E-state index in [1.807, 2.05) is 13.8 Å². The molecule has 12 heavy (non-hydrogen) atoms. The van der Waals surface area contributed by atoms with Crippen molar-refractivity contribution in [2.75, 3.05) is 0 Å². The van der Waals surface area contributed by atoms with E-state index in [9.17, 15) is 4.79 Å². The van der Waals surface area contributed by atoms with Crippen molar-refractivity contribution in [3.8, 4) is 0 Å². The van der Waals surface area contributed by atoms with Crippen molar-refractivity contribution in [3.63, 3.8) is 0 Å². The van der Waals surface area contributed by atoms with Crippen LogP contribution in [0.3, 0.4) is 0 Å². The molecule has 2 atom stereocenters. The van der Waals surface area contributed by atoms with Crippen LogP contribution in [-0.4, -0.2) is 12.1 Å². The van der Waals surface area contributed by atoms with Crippen LogP contribution >= 0.6 is 0 Å². The molecule has 2 nitrogen and oxygen atoms in total. The van der Waals surface area contributed by atoms with Crippen LogP contribution in [0.1, 0.15) is 40.5 Å². The second-order valence-corrected chi connectivity index (χ2v) is 4.42. The summed E-state index contributed by atoms with van der Waals surface area (Å²) in [6.07, 6.45) is 2.10. The maximum Gasteiger partial charge on any atom is 0.311 e. The lowest BCUT2D eigenvalue weighted by atomic mass is 9.86. The number of carbonyl (C=O) groups excluding carboxylic acids is 1. The molecular formula is C10H18O2. The fraction of sp³-hybridized carbons (Fsp3) is 0.900. The minimum atomic E-state index is -0.256. The van der Waals surface area contributed by atoms with Crippen LogP contribution in [0.25, 0.3) is 0 Å². The number of hydrogen-bond donors (Lipinski definition) is 0. The van der Waals surface area contributed by atoms with E-state index in [1.165, 1.54) is 0 Å².